The third kappa shape index (κ3) is 7.06. The Labute approximate surface area is 217 Å². The molecule has 1 unspecified atom stereocenters. The number of nitrogens with one attached hydrogen (secondary N) is 2. The molecule has 198 valence electrons. The number of ether oxygens (including phenoxy) is 2. The summed E-state index contributed by atoms with van der Waals surface area (Å²) in [5.74, 6) is -1.99. The summed E-state index contributed by atoms with van der Waals surface area (Å²) in [6, 6.07) is 5.51. The van der Waals surface area contributed by atoms with Gasteiger partial charge in [-0.25, -0.2) is 19.3 Å². The second-order valence-electron chi connectivity index (χ2n) is 9.08. The molecule has 0 aliphatic rings. The quantitative estimate of drug-likeness (QED) is 0.315. The van der Waals surface area contributed by atoms with Gasteiger partial charge in [-0.1, -0.05) is 22.0 Å². The Morgan fingerprint density at radius 1 is 1.03 bits per heavy atom. The van der Waals surface area contributed by atoms with E-state index >= 15 is 4.39 Å². The fourth-order valence-corrected chi connectivity index (χ4v) is 3.73. The van der Waals surface area contributed by atoms with Crippen LogP contribution in [0.25, 0.3) is 10.8 Å². The lowest BCUT2D eigenvalue weighted by Gasteiger charge is -2.21. The minimum atomic E-state index is -5.10. The normalized spacial score (nSPS) is 12.7. The minimum Gasteiger partial charge on any atom is -0.443 e. The molecule has 37 heavy (non-hydrogen) atoms. The van der Waals surface area contributed by atoms with Crippen LogP contribution in [-0.4, -0.2) is 28.0 Å². The molecule has 8 nitrogen and oxygen atoms in total. The Kier molecular flexibility index (Phi) is 7.96. The van der Waals surface area contributed by atoms with Gasteiger partial charge in [-0.3, -0.25) is 0 Å². The molecule has 3 aromatic rings. The Morgan fingerprint density at radius 2 is 1.70 bits per heavy atom. The van der Waals surface area contributed by atoms with Crippen molar-refractivity contribution in [3.63, 3.8) is 0 Å². The molecule has 2 aromatic carbocycles. The highest BCUT2D eigenvalue weighted by Crippen LogP contribution is 2.38. The fraction of sp³-hybridized carbons (Fsp3) is 0.333. The number of aromatic nitrogens is 2. The van der Waals surface area contributed by atoms with E-state index in [1.807, 2.05) is 0 Å². The summed E-state index contributed by atoms with van der Waals surface area (Å²) in [6.07, 6.45) is -7.66. The van der Waals surface area contributed by atoms with Crippen LogP contribution in [0, 0.1) is 12.7 Å². The maximum Gasteiger partial charge on any atom is 0.422 e. The molecular weight excluding hydrogens is 564 g/mol. The van der Waals surface area contributed by atoms with Crippen LogP contribution in [-0.2, 0) is 10.9 Å². The van der Waals surface area contributed by atoms with Crippen molar-refractivity contribution >= 4 is 44.7 Å². The molecule has 0 saturated heterocycles. The number of hydrogen-bond acceptors (Lipinski definition) is 7. The SMILES string of the molecule is Cc1nnc(NC(C)c2cc(OC(=O)NC(=O)OC(C)(C)C)cc(C(F)(F)F)c2F)c2cc(Br)ccc12. The van der Waals surface area contributed by atoms with Gasteiger partial charge in [-0.15, -0.1) is 5.10 Å². The first-order valence-corrected chi connectivity index (χ1v) is 11.7. The first-order chi connectivity index (χ1) is 17.0. The van der Waals surface area contributed by atoms with Crippen LogP contribution in [0.1, 0.15) is 50.6 Å². The van der Waals surface area contributed by atoms with Crippen LogP contribution in [0.5, 0.6) is 5.75 Å². The van der Waals surface area contributed by atoms with Gasteiger partial charge in [0.1, 0.15) is 17.2 Å². The minimum absolute atomic E-state index is 0.205. The van der Waals surface area contributed by atoms with Crippen molar-refractivity contribution in [2.45, 2.75) is 52.4 Å². The largest absolute Gasteiger partial charge is 0.443 e. The number of rotatable bonds is 4. The first-order valence-electron chi connectivity index (χ1n) is 10.9. The zero-order valence-electron chi connectivity index (χ0n) is 20.4. The molecule has 1 atom stereocenters. The summed E-state index contributed by atoms with van der Waals surface area (Å²) in [6.45, 7) is 7.81. The van der Waals surface area contributed by atoms with Crippen molar-refractivity contribution < 1.29 is 36.6 Å². The highest BCUT2D eigenvalue weighted by atomic mass is 79.9. The molecule has 0 aliphatic carbocycles. The number of carbonyl (C=O) groups is 2. The zero-order chi connectivity index (χ0) is 27.7. The third-order valence-electron chi connectivity index (χ3n) is 4.94. The molecular formula is C24H23BrF4N4O4. The molecule has 3 rings (SSSR count). The van der Waals surface area contributed by atoms with Crippen molar-refractivity contribution in [1.82, 2.24) is 15.5 Å². The summed E-state index contributed by atoms with van der Waals surface area (Å²) in [5.41, 5.74) is -2.42. The summed E-state index contributed by atoms with van der Waals surface area (Å²) in [4.78, 5) is 23.9. The van der Waals surface area contributed by atoms with Crippen LogP contribution < -0.4 is 15.4 Å². The van der Waals surface area contributed by atoms with Gasteiger partial charge in [-0.05, 0) is 58.9 Å². The van der Waals surface area contributed by atoms with E-state index in [4.69, 9.17) is 9.47 Å². The smallest absolute Gasteiger partial charge is 0.422 e. The lowest BCUT2D eigenvalue weighted by Crippen LogP contribution is -2.37. The van der Waals surface area contributed by atoms with Gasteiger partial charge in [-0.2, -0.15) is 18.3 Å². The van der Waals surface area contributed by atoms with E-state index in [1.165, 1.54) is 6.92 Å². The molecule has 0 bridgehead atoms. The molecule has 0 fully saturated rings. The molecule has 0 spiro atoms. The second-order valence-corrected chi connectivity index (χ2v) is 9.99. The molecule has 0 saturated carbocycles. The molecule has 13 heteroatoms. The number of nitrogens with zero attached hydrogens (tertiary/aromatic N) is 2. The molecule has 1 heterocycles. The van der Waals surface area contributed by atoms with Crippen LogP contribution in [0.4, 0.5) is 33.0 Å². The van der Waals surface area contributed by atoms with Crippen LogP contribution >= 0.6 is 15.9 Å². The summed E-state index contributed by atoms with van der Waals surface area (Å²) in [7, 11) is 0. The highest BCUT2D eigenvalue weighted by Gasteiger charge is 2.37. The topological polar surface area (TPSA) is 102 Å². The predicted molar refractivity (Wildman–Crippen MR) is 131 cm³/mol. The van der Waals surface area contributed by atoms with Crippen molar-refractivity contribution in [3.05, 3.63) is 57.4 Å². The lowest BCUT2D eigenvalue weighted by atomic mass is 10.0. The monoisotopic (exact) mass is 586 g/mol. The van der Waals surface area contributed by atoms with E-state index in [1.54, 1.807) is 51.2 Å². The van der Waals surface area contributed by atoms with E-state index in [0.717, 1.165) is 15.9 Å². The van der Waals surface area contributed by atoms with Crippen molar-refractivity contribution in [1.29, 1.82) is 0 Å². The number of anilines is 1. The number of benzene rings is 2. The number of imide groups is 1. The maximum absolute atomic E-state index is 15.0. The average molecular weight is 587 g/mol. The Bertz CT molecular complexity index is 1360. The third-order valence-corrected chi connectivity index (χ3v) is 5.43. The van der Waals surface area contributed by atoms with E-state index in [-0.39, 0.29) is 5.82 Å². The molecule has 2 N–H and O–H groups in total. The van der Waals surface area contributed by atoms with Crippen molar-refractivity contribution in [2.24, 2.45) is 0 Å². The van der Waals surface area contributed by atoms with Gasteiger partial charge in [0.25, 0.3) is 0 Å². The second kappa shape index (κ2) is 10.5. The Balaban J connectivity index is 1.95. The molecule has 1 aromatic heterocycles. The Hall–Kier alpha value is -3.48. The summed E-state index contributed by atoms with van der Waals surface area (Å²) < 4.78 is 66.4. The van der Waals surface area contributed by atoms with Gasteiger partial charge in [0.2, 0.25) is 0 Å². The highest BCUT2D eigenvalue weighted by molar-refractivity contribution is 9.10. The average Bonchev–Trinajstić information content (AvgIpc) is 2.74. The van der Waals surface area contributed by atoms with Crippen LogP contribution in [0.15, 0.2) is 34.8 Å². The number of carbonyl (C=O) groups excluding carboxylic acids is 2. The Morgan fingerprint density at radius 3 is 2.32 bits per heavy atom. The van der Waals surface area contributed by atoms with Crippen molar-refractivity contribution in [3.8, 4) is 5.75 Å². The molecule has 0 aliphatic heterocycles. The predicted octanol–water partition coefficient (Wildman–Crippen LogP) is 7.06. The standard InChI is InChI=1S/C24H23BrF4N4O4/c1-11(30-20-17-8-13(25)6-7-15(17)12(2)32-33-20)16-9-14(10-18(19(16)26)24(27,28)29)36-21(34)31-22(35)37-23(3,4)5/h6-11H,1-5H3,(H,30,33)(H,31,34,35). The van der Waals surface area contributed by atoms with Crippen LogP contribution in [0.2, 0.25) is 0 Å². The number of hydrogen-bond donors (Lipinski definition) is 2. The van der Waals surface area contributed by atoms with Crippen molar-refractivity contribution in [2.75, 3.05) is 5.32 Å². The number of fused-ring (bicyclic) bond motifs is 1. The van der Waals surface area contributed by atoms with Gasteiger partial charge in [0.05, 0.1) is 17.3 Å². The van der Waals surface area contributed by atoms with E-state index in [9.17, 15) is 22.8 Å². The van der Waals surface area contributed by atoms with Gasteiger partial charge >= 0.3 is 18.4 Å². The number of amides is 2. The first kappa shape index (κ1) is 28.1. The maximum atomic E-state index is 15.0. The number of alkyl halides is 3. The zero-order valence-corrected chi connectivity index (χ0v) is 22.0. The summed E-state index contributed by atoms with van der Waals surface area (Å²) in [5, 5.41) is 14.1. The summed E-state index contributed by atoms with van der Waals surface area (Å²) >= 11 is 3.36. The van der Waals surface area contributed by atoms with Gasteiger partial charge in [0.15, 0.2) is 5.82 Å². The van der Waals surface area contributed by atoms with Gasteiger partial charge < -0.3 is 14.8 Å². The van der Waals surface area contributed by atoms with E-state index in [2.05, 4.69) is 31.4 Å². The van der Waals surface area contributed by atoms with E-state index in [0.29, 0.717) is 17.1 Å². The van der Waals surface area contributed by atoms with Gasteiger partial charge in [0, 0.05) is 20.8 Å². The number of aryl methyl sites for hydroxylation is 1. The number of alkyl carbamates (subject to hydrolysis) is 1. The van der Waals surface area contributed by atoms with Crippen LogP contribution in [0.3, 0.4) is 0 Å². The fourth-order valence-electron chi connectivity index (χ4n) is 3.37. The molecule has 0 radical (unpaired) electrons. The molecule has 2 amide bonds. The lowest BCUT2D eigenvalue weighted by molar-refractivity contribution is -0.140. The van der Waals surface area contributed by atoms with E-state index < -0.39 is 52.7 Å². The number of halogens is 5.